The van der Waals surface area contributed by atoms with Gasteiger partial charge >= 0.3 is 0 Å². The van der Waals surface area contributed by atoms with E-state index in [0.717, 1.165) is 5.56 Å². The van der Waals surface area contributed by atoms with Crippen molar-refractivity contribution < 1.29 is 15.0 Å². The number of carbonyl (C=O) groups is 1. The number of nitrogens with one attached hydrogen (secondary N) is 1. The van der Waals surface area contributed by atoms with Crippen molar-refractivity contribution in [3.8, 4) is 17.6 Å². The molecule has 0 spiro atoms. The molecule has 0 unspecified atom stereocenters. The summed E-state index contributed by atoms with van der Waals surface area (Å²) in [6.45, 7) is 0.274. The molecule has 0 saturated heterocycles. The summed E-state index contributed by atoms with van der Waals surface area (Å²) in [5.74, 6) is -0.647. The van der Waals surface area contributed by atoms with Gasteiger partial charge in [0.05, 0.1) is 0 Å². The molecule has 0 radical (unpaired) electrons. The average molecular weight is 321 g/mol. The fourth-order valence-electron chi connectivity index (χ4n) is 1.91. The Morgan fingerprint density at radius 3 is 2.67 bits per heavy atom. The zero-order valence-corrected chi connectivity index (χ0v) is 12.7. The summed E-state index contributed by atoms with van der Waals surface area (Å²) < 4.78 is 0. The third kappa shape index (κ3) is 5.00. The van der Waals surface area contributed by atoms with Crippen LogP contribution in [0.2, 0.25) is 0 Å². The molecule has 6 heteroatoms. The van der Waals surface area contributed by atoms with Crippen LogP contribution in [0.25, 0.3) is 6.08 Å². The highest BCUT2D eigenvalue weighted by Gasteiger charge is 2.07. The predicted octanol–water partition coefficient (Wildman–Crippen LogP) is 2.27. The van der Waals surface area contributed by atoms with Crippen molar-refractivity contribution in [2.75, 3.05) is 0 Å². The van der Waals surface area contributed by atoms with Gasteiger partial charge in [0.2, 0.25) is 0 Å². The van der Waals surface area contributed by atoms with Crippen molar-refractivity contribution in [1.29, 1.82) is 5.26 Å². The molecule has 1 aromatic carbocycles. The number of allylic oxidation sites excluding steroid dienone is 2. The van der Waals surface area contributed by atoms with Gasteiger partial charge in [-0.05, 0) is 35.4 Å². The minimum atomic E-state index is -0.496. The summed E-state index contributed by atoms with van der Waals surface area (Å²) >= 11 is 0. The van der Waals surface area contributed by atoms with Crippen molar-refractivity contribution >= 4 is 12.0 Å². The minimum absolute atomic E-state index is 0.0560. The number of aromatic nitrogens is 1. The lowest BCUT2D eigenvalue weighted by Crippen LogP contribution is -2.23. The number of rotatable bonds is 5. The molecule has 6 nitrogen and oxygen atoms in total. The Labute approximate surface area is 139 Å². The SMILES string of the molecule is N#C/C(=C\C=C\c1cc(O)cc(O)c1)C(=O)NCc1cccnc1. The van der Waals surface area contributed by atoms with Gasteiger partial charge in [-0.2, -0.15) is 5.26 Å². The second-order valence-electron chi connectivity index (χ2n) is 4.88. The van der Waals surface area contributed by atoms with E-state index in [0.29, 0.717) is 5.56 Å². The number of phenolic OH excluding ortho intramolecular Hbond substituents is 2. The lowest BCUT2D eigenvalue weighted by Gasteiger charge is -2.03. The summed E-state index contributed by atoms with van der Waals surface area (Å²) in [5, 5.41) is 30.5. The van der Waals surface area contributed by atoms with Crippen molar-refractivity contribution in [2.45, 2.75) is 6.54 Å². The van der Waals surface area contributed by atoms with Gasteiger partial charge < -0.3 is 15.5 Å². The van der Waals surface area contributed by atoms with E-state index >= 15 is 0 Å². The number of carbonyl (C=O) groups excluding carboxylic acids is 1. The standard InChI is InChI=1S/C18H15N3O3/c19-10-15(18(24)21-12-14-4-2-6-20-11-14)5-1-3-13-7-16(22)9-17(23)8-13/h1-9,11,22-23H,12H2,(H,21,24)/b3-1+,15-5+. The molecule has 2 rings (SSSR count). The first-order valence-corrected chi connectivity index (χ1v) is 7.07. The van der Waals surface area contributed by atoms with Crippen molar-refractivity contribution in [2.24, 2.45) is 0 Å². The number of aromatic hydroxyl groups is 2. The highest BCUT2D eigenvalue weighted by Crippen LogP contribution is 2.21. The van der Waals surface area contributed by atoms with Crippen LogP contribution in [-0.4, -0.2) is 21.1 Å². The third-order valence-electron chi connectivity index (χ3n) is 3.02. The average Bonchev–Trinajstić information content (AvgIpc) is 2.57. The number of hydrogen-bond donors (Lipinski definition) is 3. The number of pyridine rings is 1. The van der Waals surface area contributed by atoms with Crippen molar-refractivity contribution in [3.63, 3.8) is 0 Å². The smallest absolute Gasteiger partial charge is 0.262 e. The third-order valence-corrected chi connectivity index (χ3v) is 3.02. The second-order valence-corrected chi connectivity index (χ2v) is 4.88. The molecule has 24 heavy (non-hydrogen) atoms. The second kappa shape index (κ2) is 8.15. The predicted molar refractivity (Wildman–Crippen MR) is 88.6 cm³/mol. The lowest BCUT2D eigenvalue weighted by atomic mass is 10.1. The molecule has 3 N–H and O–H groups in total. The molecular weight excluding hydrogens is 306 g/mol. The van der Waals surface area contributed by atoms with Crippen LogP contribution >= 0.6 is 0 Å². The normalized spacial score (nSPS) is 11.2. The molecule has 0 aliphatic heterocycles. The molecule has 120 valence electrons. The van der Waals surface area contributed by atoms with E-state index < -0.39 is 5.91 Å². The lowest BCUT2D eigenvalue weighted by molar-refractivity contribution is -0.117. The quantitative estimate of drug-likeness (QED) is 0.445. The van der Waals surface area contributed by atoms with E-state index in [9.17, 15) is 15.0 Å². The van der Waals surface area contributed by atoms with Gasteiger partial charge in [-0.25, -0.2) is 0 Å². The van der Waals surface area contributed by atoms with Crippen LogP contribution in [0.15, 0.2) is 60.5 Å². The molecule has 1 aromatic heterocycles. The fraction of sp³-hybridized carbons (Fsp3) is 0.0556. The van der Waals surface area contributed by atoms with Crippen LogP contribution in [0, 0.1) is 11.3 Å². The summed E-state index contributed by atoms with van der Waals surface area (Å²) in [7, 11) is 0. The minimum Gasteiger partial charge on any atom is -0.508 e. The van der Waals surface area contributed by atoms with Crippen LogP contribution in [0.3, 0.4) is 0 Å². The summed E-state index contributed by atoms with van der Waals surface area (Å²) in [6.07, 6.45) is 7.68. The molecule has 0 fully saturated rings. The maximum absolute atomic E-state index is 12.0. The summed E-state index contributed by atoms with van der Waals surface area (Å²) in [4.78, 5) is 15.9. The first kappa shape index (κ1) is 16.8. The molecule has 2 aromatic rings. The summed E-state index contributed by atoms with van der Waals surface area (Å²) in [6, 6.07) is 9.50. The van der Waals surface area contributed by atoms with E-state index in [1.807, 2.05) is 12.1 Å². The summed E-state index contributed by atoms with van der Waals surface area (Å²) in [5.41, 5.74) is 1.31. The van der Waals surface area contributed by atoms with Crippen LogP contribution in [0.1, 0.15) is 11.1 Å². The Morgan fingerprint density at radius 2 is 2.04 bits per heavy atom. The zero-order valence-electron chi connectivity index (χ0n) is 12.7. The highest BCUT2D eigenvalue weighted by atomic mass is 16.3. The highest BCUT2D eigenvalue weighted by molar-refractivity contribution is 5.97. The molecule has 0 aliphatic carbocycles. The maximum atomic E-state index is 12.0. The molecule has 1 amide bonds. The van der Waals surface area contributed by atoms with Crippen LogP contribution in [-0.2, 0) is 11.3 Å². The number of amides is 1. The fourth-order valence-corrected chi connectivity index (χ4v) is 1.91. The number of hydrogen-bond acceptors (Lipinski definition) is 5. The molecule has 0 bridgehead atoms. The Bertz CT molecular complexity index is 801. The van der Waals surface area contributed by atoms with Gasteiger partial charge in [0.25, 0.3) is 5.91 Å². The number of nitriles is 1. The first-order chi connectivity index (χ1) is 11.6. The van der Waals surface area contributed by atoms with Crippen LogP contribution in [0.5, 0.6) is 11.5 Å². The first-order valence-electron chi connectivity index (χ1n) is 7.07. The molecule has 1 heterocycles. The van der Waals surface area contributed by atoms with Gasteiger partial charge in [0, 0.05) is 25.0 Å². The number of benzene rings is 1. The monoisotopic (exact) mass is 321 g/mol. The topological polar surface area (TPSA) is 106 Å². The Hall–Kier alpha value is -3.59. The van der Waals surface area contributed by atoms with E-state index in [2.05, 4.69) is 10.3 Å². The molecular formula is C18H15N3O3. The van der Waals surface area contributed by atoms with Crippen molar-refractivity contribution in [1.82, 2.24) is 10.3 Å². The molecule has 0 atom stereocenters. The van der Waals surface area contributed by atoms with Crippen LogP contribution < -0.4 is 5.32 Å². The Kier molecular flexibility index (Phi) is 5.70. The van der Waals surface area contributed by atoms with E-state index in [1.165, 1.54) is 30.4 Å². The van der Waals surface area contributed by atoms with E-state index in [1.54, 1.807) is 24.5 Å². The van der Waals surface area contributed by atoms with E-state index in [-0.39, 0.29) is 23.6 Å². The number of phenols is 2. The van der Waals surface area contributed by atoms with Gasteiger partial charge in [0.15, 0.2) is 0 Å². The molecule has 0 aliphatic rings. The van der Waals surface area contributed by atoms with Gasteiger partial charge in [-0.3, -0.25) is 9.78 Å². The van der Waals surface area contributed by atoms with Crippen molar-refractivity contribution in [3.05, 3.63) is 71.6 Å². The molecule has 0 saturated carbocycles. The van der Waals surface area contributed by atoms with E-state index in [4.69, 9.17) is 5.26 Å². The number of nitrogens with zero attached hydrogens (tertiary/aromatic N) is 2. The Morgan fingerprint density at radius 1 is 1.29 bits per heavy atom. The maximum Gasteiger partial charge on any atom is 0.262 e. The van der Waals surface area contributed by atoms with Gasteiger partial charge in [0.1, 0.15) is 23.1 Å². The van der Waals surface area contributed by atoms with Crippen LogP contribution in [0.4, 0.5) is 0 Å². The van der Waals surface area contributed by atoms with Gasteiger partial charge in [-0.15, -0.1) is 0 Å². The Balaban J connectivity index is 2.01. The zero-order chi connectivity index (χ0) is 17.4. The largest absolute Gasteiger partial charge is 0.508 e. The van der Waals surface area contributed by atoms with Gasteiger partial charge in [-0.1, -0.05) is 18.2 Å².